The van der Waals surface area contributed by atoms with E-state index in [9.17, 15) is 8.42 Å². The maximum absolute atomic E-state index is 11.2. The Morgan fingerprint density at radius 1 is 1.33 bits per heavy atom. The Morgan fingerprint density at radius 3 is 2.27 bits per heavy atom. The van der Waals surface area contributed by atoms with Crippen molar-refractivity contribution in [1.29, 1.82) is 0 Å². The average molecular weight is 229 g/mol. The van der Waals surface area contributed by atoms with Crippen LogP contribution < -0.4 is 4.89 Å². The molecule has 0 fully saturated rings. The Balaban J connectivity index is 3.00. The molecule has 0 aliphatic heterocycles. The SMILES string of the molecule is CCC(C)c1ccc(S(=O)(=O)NO)cc1. The Bertz CT molecular complexity index is 411. The molecular weight excluding hydrogens is 214 g/mol. The van der Waals surface area contributed by atoms with Crippen LogP contribution in [0, 0.1) is 0 Å². The fourth-order valence-corrected chi connectivity index (χ4v) is 1.86. The topological polar surface area (TPSA) is 66.4 Å². The highest BCUT2D eigenvalue weighted by Crippen LogP contribution is 2.20. The second-order valence-electron chi connectivity index (χ2n) is 3.47. The summed E-state index contributed by atoms with van der Waals surface area (Å²) in [4.78, 5) is 1.36. The molecule has 15 heavy (non-hydrogen) atoms. The van der Waals surface area contributed by atoms with E-state index >= 15 is 0 Å². The standard InChI is InChI=1S/C10H15NO3S/c1-3-8(2)9-4-6-10(7-5-9)15(13,14)11-12/h4-8,11-12H,3H2,1-2H3. The molecule has 0 saturated carbocycles. The second-order valence-corrected chi connectivity index (χ2v) is 5.13. The van der Waals surface area contributed by atoms with Crippen LogP contribution in [-0.2, 0) is 10.0 Å². The van der Waals surface area contributed by atoms with Gasteiger partial charge in [0.15, 0.2) is 0 Å². The van der Waals surface area contributed by atoms with Crippen molar-refractivity contribution in [2.45, 2.75) is 31.1 Å². The highest BCUT2D eigenvalue weighted by molar-refractivity contribution is 7.89. The van der Waals surface area contributed by atoms with Crippen LogP contribution >= 0.6 is 0 Å². The van der Waals surface area contributed by atoms with Crippen molar-refractivity contribution < 1.29 is 13.6 Å². The van der Waals surface area contributed by atoms with Crippen molar-refractivity contribution in [3.8, 4) is 0 Å². The number of rotatable bonds is 4. The summed E-state index contributed by atoms with van der Waals surface area (Å²) in [5.74, 6) is 0.406. The molecule has 1 rings (SSSR count). The van der Waals surface area contributed by atoms with Gasteiger partial charge in [0.2, 0.25) is 0 Å². The van der Waals surface area contributed by atoms with E-state index < -0.39 is 10.0 Å². The van der Waals surface area contributed by atoms with E-state index in [4.69, 9.17) is 5.21 Å². The first-order valence-electron chi connectivity index (χ1n) is 4.77. The molecule has 0 radical (unpaired) electrons. The van der Waals surface area contributed by atoms with Crippen LogP contribution in [0.15, 0.2) is 29.2 Å². The summed E-state index contributed by atoms with van der Waals surface area (Å²) in [5, 5.41) is 8.43. The summed E-state index contributed by atoms with van der Waals surface area (Å²) in [6, 6.07) is 6.50. The van der Waals surface area contributed by atoms with Gasteiger partial charge in [-0.25, -0.2) is 8.42 Å². The molecule has 0 saturated heterocycles. The Labute approximate surface area is 90.0 Å². The first-order valence-corrected chi connectivity index (χ1v) is 6.25. The van der Waals surface area contributed by atoms with Crippen LogP contribution in [0.5, 0.6) is 0 Å². The van der Waals surface area contributed by atoms with E-state index in [-0.39, 0.29) is 4.90 Å². The Hall–Kier alpha value is -0.910. The van der Waals surface area contributed by atoms with Gasteiger partial charge in [-0.2, -0.15) is 0 Å². The fourth-order valence-electron chi connectivity index (χ4n) is 1.26. The zero-order valence-corrected chi connectivity index (χ0v) is 9.58. The van der Waals surface area contributed by atoms with Crippen LogP contribution in [0.1, 0.15) is 31.7 Å². The minimum absolute atomic E-state index is 0.0667. The van der Waals surface area contributed by atoms with E-state index in [2.05, 4.69) is 13.8 Å². The first kappa shape index (κ1) is 12.2. The maximum Gasteiger partial charge on any atom is 0.262 e. The fraction of sp³-hybridized carbons (Fsp3) is 0.400. The molecule has 0 spiro atoms. The largest absolute Gasteiger partial charge is 0.302 e. The predicted octanol–water partition coefficient (Wildman–Crippen LogP) is 1.87. The molecule has 0 aliphatic rings. The maximum atomic E-state index is 11.2. The van der Waals surface area contributed by atoms with Gasteiger partial charge in [-0.15, -0.1) is 0 Å². The van der Waals surface area contributed by atoms with Crippen molar-refractivity contribution >= 4 is 10.0 Å². The molecule has 84 valence electrons. The van der Waals surface area contributed by atoms with Gasteiger partial charge in [0.25, 0.3) is 10.0 Å². The van der Waals surface area contributed by atoms with E-state index in [0.717, 1.165) is 12.0 Å². The smallest absolute Gasteiger partial charge is 0.262 e. The molecule has 0 heterocycles. The van der Waals surface area contributed by atoms with Crippen molar-refractivity contribution in [1.82, 2.24) is 4.89 Å². The van der Waals surface area contributed by atoms with Crippen LogP contribution in [-0.4, -0.2) is 13.6 Å². The zero-order valence-electron chi connectivity index (χ0n) is 8.77. The molecule has 1 aromatic carbocycles. The van der Waals surface area contributed by atoms with Gasteiger partial charge in [-0.3, -0.25) is 0 Å². The van der Waals surface area contributed by atoms with Gasteiger partial charge in [-0.1, -0.05) is 30.9 Å². The van der Waals surface area contributed by atoms with Gasteiger partial charge in [0.05, 0.1) is 4.90 Å². The summed E-state index contributed by atoms with van der Waals surface area (Å²) in [6.45, 7) is 4.15. The van der Waals surface area contributed by atoms with Gasteiger partial charge in [-0.05, 0) is 30.0 Å². The van der Waals surface area contributed by atoms with Crippen LogP contribution in [0.25, 0.3) is 0 Å². The average Bonchev–Trinajstić information content (AvgIpc) is 2.28. The lowest BCUT2D eigenvalue weighted by Gasteiger charge is -2.09. The molecule has 0 aliphatic carbocycles. The molecule has 5 heteroatoms. The van der Waals surface area contributed by atoms with Crippen LogP contribution in [0.2, 0.25) is 0 Å². The third-order valence-corrected chi connectivity index (χ3v) is 3.63. The minimum Gasteiger partial charge on any atom is -0.302 e. The lowest BCUT2D eigenvalue weighted by atomic mass is 9.99. The zero-order chi connectivity index (χ0) is 11.5. The Morgan fingerprint density at radius 2 is 1.87 bits per heavy atom. The molecular formula is C10H15NO3S. The normalized spacial score (nSPS) is 13.8. The lowest BCUT2D eigenvalue weighted by Crippen LogP contribution is -2.19. The van der Waals surface area contributed by atoms with Gasteiger partial charge >= 0.3 is 0 Å². The number of hydrogen-bond donors (Lipinski definition) is 2. The van der Waals surface area contributed by atoms with Crippen molar-refractivity contribution in [3.63, 3.8) is 0 Å². The third-order valence-electron chi connectivity index (χ3n) is 2.49. The van der Waals surface area contributed by atoms with Gasteiger partial charge in [0, 0.05) is 0 Å². The van der Waals surface area contributed by atoms with Crippen molar-refractivity contribution in [2.75, 3.05) is 0 Å². The molecule has 1 aromatic rings. The number of hydrogen-bond acceptors (Lipinski definition) is 3. The molecule has 1 atom stereocenters. The Kier molecular flexibility index (Phi) is 3.84. The molecule has 0 bridgehead atoms. The van der Waals surface area contributed by atoms with E-state index in [1.54, 1.807) is 12.1 Å². The summed E-state index contributed by atoms with van der Waals surface area (Å²) >= 11 is 0. The summed E-state index contributed by atoms with van der Waals surface area (Å²) in [6.07, 6.45) is 1.00. The lowest BCUT2D eigenvalue weighted by molar-refractivity contribution is 0.242. The van der Waals surface area contributed by atoms with E-state index in [0.29, 0.717) is 5.92 Å². The molecule has 0 amide bonds. The summed E-state index contributed by atoms with van der Waals surface area (Å²) in [7, 11) is -3.74. The summed E-state index contributed by atoms with van der Waals surface area (Å²) < 4.78 is 22.4. The van der Waals surface area contributed by atoms with Gasteiger partial charge < -0.3 is 5.21 Å². The van der Waals surface area contributed by atoms with Crippen LogP contribution in [0.4, 0.5) is 0 Å². The molecule has 4 nitrogen and oxygen atoms in total. The van der Waals surface area contributed by atoms with Crippen molar-refractivity contribution in [3.05, 3.63) is 29.8 Å². The minimum atomic E-state index is -3.74. The molecule has 1 unspecified atom stereocenters. The van der Waals surface area contributed by atoms with E-state index in [1.165, 1.54) is 17.0 Å². The van der Waals surface area contributed by atoms with Crippen LogP contribution in [0.3, 0.4) is 0 Å². The number of sulfonamides is 1. The molecule has 2 N–H and O–H groups in total. The highest BCUT2D eigenvalue weighted by atomic mass is 32.2. The van der Waals surface area contributed by atoms with Gasteiger partial charge in [0.1, 0.15) is 0 Å². The summed E-state index contributed by atoms with van der Waals surface area (Å²) in [5.41, 5.74) is 1.09. The first-order chi connectivity index (χ1) is 7.01. The predicted molar refractivity (Wildman–Crippen MR) is 57.3 cm³/mol. The monoisotopic (exact) mass is 229 g/mol. The second kappa shape index (κ2) is 4.74. The quantitative estimate of drug-likeness (QED) is 0.774. The van der Waals surface area contributed by atoms with Crippen molar-refractivity contribution in [2.24, 2.45) is 0 Å². The number of benzene rings is 1. The molecule has 0 aromatic heterocycles. The van der Waals surface area contributed by atoms with E-state index in [1.807, 2.05) is 0 Å². The third kappa shape index (κ3) is 2.77. The number of nitrogens with one attached hydrogen (secondary N) is 1. The highest BCUT2D eigenvalue weighted by Gasteiger charge is 2.12.